The molecule has 1 aromatic carbocycles. The van der Waals surface area contributed by atoms with E-state index in [1.54, 1.807) is 6.20 Å². The first kappa shape index (κ1) is 9.27. The zero-order valence-corrected chi connectivity index (χ0v) is 8.99. The van der Waals surface area contributed by atoms with E-state index in [-0.39, 0.29) is 0 Å². The van der Waals surface area contributed by atoms with Crippen LogP contribution < -0.4 is 5.73 Å². The number of rotatable bonds is 2. The van der Waals surface area contributed by atoms with E-state index < -0.39 is 0 Å². The molecule has 0 spiro atoms. The van der Waals surface area contributed by atoms with Crippen molar-refractivity contribution in [2.45, 2.75) is 6.42 Å². The van der Waals surface area contributed by atoms with Crippen molar-refractivity contribution in [3.8, 4) is 0 Å². The van der Waals surface area contributed by atoms with Crippen LogP contribution in [0, 0.1) is 0 Å². The van der Waals surface area contributed by atoms with Gasteiger partial charge in [0.15, 0.2) is 0 Å². The van der Waals surface area contributed by atoms with Crippen LogP contribution in [0.15, 0.2) is 39.5 Å². The van der Waals surface area contributed by atoms with E-state index in [4.69, 9.17) is 10.3 Å². The van der Waals surface area contributed by atoms with Crippen LogP contribution in [0.4, 0.5) is 5.88 Å². The number of hydrogen-bond donors (Lipinski definition) is 1. The number of aromatic nitrogens is 1. The molecule has 0 saturated heterocycles. The number of nitrogens with two attached hydrogens (primary N) is 1. The highest BCUT2D eigenvalue weighted by Gasteiger charge is 2.04. The van der Waals surface area contributed by atoms with Crippen LogP contribution in [0.2, 0.25) is 0 Å². The molecule has 2 rings (SSSR count). The number of nitrogen functional groups attached to an aromatic ring is 1. The lowest BCUT2D eigenvalue weighted by Crippen LogP contribution is -1.91. The second kappa shape index (κ2) is 3.84. The summed E-state index contributed by atoms with van der Waals surface area (Å²) in [5.74, 6) is 0.396. The maximum absolute atomic E-state index is 5.58. The van der Waals surface area contributed by atoms with Gasteiger partial charge in [0.1, 0.15) is 0 Å². The molecule has 0 aliphatic carbocycles. The monoisotopic (exact) mass is 252 g/mol. The molecular formula is C10H9BrN2O. The Kier molecular flexibility index (Phi) is 2.54. The van der Waals surface area contributed by atoms with Gasteiger partial charge in [-0.2, -0.15) is 0 Å². The normalized spacial score (nSPS) is 10.4. The van der Waals surface area contributed by atoms with Crippen molar-refractivity contribution in [3.63, 3.8) is 0 Å². The van der Waals surface area contributed by atoms with Gasteiger partial charge in [-0.3, -0.25) is 0 Å². The van der Waals surface area contributed by atoms with Gasteiger partial charge in [0.05, 0.1) is 6.20 Å². The molecule has 0 bridgehead atoms. The molecule has 4 heteroatoms. The molecule has 2 N–H and O–H groups in total. The van der Waals surface area contributed by atoms with E-state index in [1.165, 1.54) is 5.56 Å². The predicted octanol–water partition coefficient (Wildman–Crippen LogP) is 2.61. The molecule has 0 amide bonds. The van der Waals surface area contributed by atoms with E-state index in [9.17, 15) is 0 Å². The zero-order chi connectivity index (χ0) is 9.97. The van der Waals surface area contributed by atoms with Gasteiger partial charge in [-0.1, -0.05) is 33.2 Å². The molecule has 72 valence electrons. The van der Waals surface area contributed by atoms with Gasteiger partial charge in [0, 0.05) is 16.5 Å². The Morgan fingerprint density at radius 3 is 2.57 bits per heavy atom. The summed E-state index contributed by atoms with van der Waals surface area (Å²) in [6.07, 6.45) is 2.40. The average Bonchev–Trinajstić information content (AvgIpc) is 2.56. The van der Waals surface area contributed by atoms with Gasteiger partial charge in [-0.25, -0.2) is 0 Å². The van der Waals surface area contributed by atoms with Crippen molar-refractivity contribution in [1.82, 2.24) is 5.16 Å². The van der Waals surface area contributed by atoms with Crippen molar-refractivity contribution in [3.05, 3.63) is 46.1 Å². The summed E-state index contributed by atoms with van der Waals surface area (Å²) < 4.78 is 5.85. The Bertz CT molecular complexity index is 422. The van der Waals surface area contributed by atoms with Crippen molar-refractivity contribution in [2.75, 3.05) is 5.73 Å². The van der Waals surface area contributed by atoms with Crippen molar-refractivity contribution >= 4 is 21.8 Å². The number of benzene rings is 1. The van der Waals surface area contributed by atoms with Crippen LogP contribution in [0.3, 0.4) is 0 Å². The fraction of sp³-hybridized carbons (Fsp3) is 0.100. The van der Waals surface area contributed by atoms with Crippen LogP contribution in [-0.2, 0) is 6.42 Å². The first-order chi connectivity index (χ1) is 6.75. The number of nitrogens with zero attached hydrogens (tertiary/aromatic N) is 1. The lowest BCUT2D eigenvalue weighted by Gasteiger charge is -1.98. The molecule has 0 saturated carbocycles. The topological polar surface area (TPSA) is 52.0 Å². The summed E-state index contributed by atoms with van der Waals surface area (Å²) in [4.78, 5) is 0. The second-order valence-electron chi connectivity index (χ2n) is 3.02. The minimum Gasteiger partial charge on any atom is -0.367 e. The number of anilines is 1. The standard InChI is InChI=1S/C10H9BrN2O/c11-9-3-1-7(2-4-9)5-8-6-13-14-10(8)12/h1-4,6H,5,12H2. The summed E-state index contributed by atoms with van der Waals surface area (Å²) in [6, 6.07) is 8.07. The Labute approximate surface area is 90.0 Å². The molecule has 2 aromatic rings. The summed E-state index contributed by atoms with van der Waals surface area (Å²) in [5.41, 5.74) is 7.69. The van der Waals surface area contributed by atoms with E-state index in [1.807, 2.05) is 24.3 Å². The lowest BCUT2D eigenvalue weighted by molar-refractivity contribution is 0.436. The van der Waals surface area contributed by atoms with Crippen LogP contribution in [0.25, 0.3) is 0 Å². The summed E-state index contributed by atoms with van der Waals surface area (Å²) in [6.45, 7) is 0. The SMILES string of the molecule is Nc1oncc1Cc1ccc(Br)cc1. The van der Waals surface area contributed by atoms with Crippen LogP contribution in [0.5, 0.6) is 0 Å². The highest BCUT2D eigenvalue weighted by atomic mass is 79.9. The molecule has 0 aliphatic rings. The quantitative estimate of drug-likeness (QED) is 0.894. The third-order valence-electron chi connectivity index (χ3n) is 1.98. The van der Waals surface area contributed by atoms with Crippen LogP contribution in [-0.4, -0.2) is 5.16 Å². The largest absolute Gasteiger partial charge is 0.367 e. The van der Waals surface area contributed by atoms with Crippen molar-refractivity contribution < 1.29 is 4.52 Å². The van der Waals surface area contributed by atoms with Gasteiger partial charge >= 0.3 is 0 Å². The molecule has 1 aromatic heterocycles. The highest BCUT2D eigenvalue weighted by Crippen LogP contribution is 2.17. The predicted molar refractivity (Wildman–Crippen MR) is 57.9 cm³/mol. The van der Waals surface area contributed by atoms with Gasteiger partial charge in [-0.05, 0) is 17.7 Å². The van der Waals surface area contributed by atoms with Gasteiger partial charge < -0.3 is 10.3 Å². The minimum atomic E-state index is 0.396. The summed E-state index contributed by atoms with van der Waals surface area (Å²) >= 11 is 3.38. The third kappa shape index (κ3) is 1.96. The molecule has 0 atom stereocenters. The fourth-order valence-electron chi connectivity index (χ4n) is 1.22. The molecule has 3 nitrogen and oxygen atoms in total. The van der Waals surface area contributed by atoms with E-state index in [2.05, 4.69) is 21.1 Å². The minimum absolute atomic E-state index is 0.396. The second-order valence-corrected chi connectivity index (χ2v) is 3.93. The van der Waals surface area contributed by atoms with Gasteiger partial charge in [0.2, 0.25) is 5.88 Å². The average molecular weight is 253 g/mol. The number of halogens is 1. The van der Waals surface area contributed by atoms with E-state index in [0.29, 0.717) is 5.88 Å². The molecule has 0 fully saturated rings. The summed E-state index contributed by atoms with van der Waals surface area (Å²) in [7, 11) is 0. The highest BCUT2D eigenvalue weighted by molar-refractivity contribution is 9.10. The Hall–Kier alpha value is -1.29. The van der Waals surface area contributed by atoms with E-state index >= 15 is 0 Å². The van der Waals surface area contributed by atoms with Crippen molar-refractivity contribution in [2.24, 2.45) is 0 Å². The molecule has 0 unspecified atom stereocenters. The fourth-order valence-corrected chi connectivity index (χ4v) is 1.49. The molecule has 14 heavy (non-hydrogen) atoms. The Balaban J connectivity index is 2.19. The molecule has 0 aliphatic heterocycles. The zero-order valence-electron chi connectivity index (χ0n) is 7.40. The maximum atomic E-state index is 5.58. The van der Waals surface area contributed by atoms with E-state index in [0.717, 1.165) is 16.5 Å². The van der Waals surface area contributed by atoms with Gasteiger partial charge in [-0.15, -0.1) is 0 Å². The third-order valence-corrected chi connectivity index (χ3v) is 2.51. The molecule has 1 heterocycles. The maximum Gasteiger partial charge on any atom is 0.225 e. The lowest BCUT2D eigenvalue weighted by atomic mass is 10.1. The molecular weight excluding hydrogens is 244 g/mol. The first-order valence-electron chi connectivity index (χ1n) is 4.19. The number of hydrogen-bond acceptors (Lipinski definition) is 3. The smallest absolute Gasteiger partial charge is 0.225 e. The van der Waals surface area contributed by atoms with Crippen molar-refractivity contribution in [1.29, 1.82) is 0 Å². The molecule has 0 radical (unpaired) electrons. The van der Waals surface area contributed by atoms with Crippen LogP contribution >= 0.6 is 15.9 Å². The Morgan fingerprint density at radius 1 is 1.29 bits per heavy atom. The summed E-state index contributed by atoms with van der Waals surface area (Å²) in [5, 5.41) is 3.63. The van der Waals surface area contributed by atoms with Crippen LogP contribution in [0.1, 0.15) is 11.1 Å². The first-order valence-corrected chi connectivity index (χ1v) is 4.98. The van der Waals surface area contributed by atoms with Gasteiger partial charge in [0.25, 0.3) is 0 Å². The Morgan fingerprint density at radius 2 is 2.00 bits per heavy atom.